The molecular weight excluding hydrogens is 207 g/mol. The highest BCUT2D eigenvalue weighted by Gasteiger charge is 2.58. The summed E-state index contributed by atoms with van der Waals surface area (Å²) in [6.45, 7) is 7.05. The van der Waals surface area contributed by atoms with Gasteiger partial charge in [-0.1, -0.05) is 6.92 Å². The molecule has 0 aromatic carbocycles. The molecule has 0 N–H and O–H groups in total. The Morgan fingerprint density at radius 3 is 2.44 bits per heavy atom. The minimum Gasteiger partial charge on any atom is -0.339 e. The Hall–Kier alpha value is -0.640. The van der Waals surface area contributed by atoms with Crippen molar-refractivity contribution in [1.29, 1.82) is 0 Å². The van der Waals surface area contributed by atoms with E-state index in [1.807, 2.05) is 0 Å². The van der Waals surface area contributed by atoms with Crippen LogP contribution in [0, 0.1) is 5.41 Å². The molecule has 2 aliphatic heterocycles. The Labute approximate surface area is 95.6 Å². The first-order valence-electron chi connectivity index (χ1n) is 6.28. The molecule has 3 fully saturated rings. The van der Waals surface area contributed by atoms with Gasteiger partial charge >= 0.3 is 0 Å². The van der Waals surface area contributed by atoms with Crippen molar-refractivity contribution in [2.24, 2.45) is 5.41 Å². The molecule has 3 aliphatic rings. The van der Waals surface area contributed by atoms with Gasteiger partial charge in [-0.25, -0.2) is 4.39 Å². The molecule has 1 saturated carbocycles. The van der Waals surface area contributed by atoms with Crippen molar-refractivity contribution in [1.82, 2.24) is 9.80 Å². The molecule has 0 aromatic rings. The van der Waals surface area contributed by atoms with Gasteiger partial charge in [0.1, 0.15) is 0 Å². The Morgan fingerprint density at radius 1 is 1.25 bits per heavy atom. The number of carbonyl (C=O) groups is 1. The van der Waals surface area contributed by atoms with Crippen molar-refractivity contribution in [2.45, 2.75) is 31.9 Å². The van der Waals surface area contributed by atoms with Gasteiger partial charge in [0.05, 0.1) is 0 Å². The summed E-state index contributed by atoms with van der Waals surface area (Å²) in [4.78, 5) is 15.9. The number of rotatable bonds is 2. The van der Waals surface area contributed by atoms with Crippen LogP contribution in [0.1, 0.15) is 26.2 Å². The first-order valence-corrected chi connectivity index (χ1v) is 6.28. The molecule has 0 bridgehead atoms. The average molecular weight is 226 g/mol. The summed E-state index contributed by atoms with van der Waals surface area (Å²) in [5, 5.41) is 0. The summed E-state index contributed by atoms with van der Waals surface area (Å²) in [5.41, 5.74) is -1.17. The molecule has 3 nitrogen and oxygen atoms in total. The molecule has 0 aromatic heterocycles. The van der Waals surface area contributed by atoms with Gasteiger partial charge in [0.2, 0.25) is 0 Å². The van der Waals surface area contributed by atoms with Crippen LogP contribution in [0.15, 0.2) is 0 Å². The third-order valence-corrected chi connectivity index (χ3v) is 4.38. The molecule has 0 radical (unpaired) electrons. The predicted molar refractivity (Wildman–Crippen MR) is 58.8 cm³/mol. The zero-order valence-corrected chi connectivity index (χ0v) is 9.84. The van der Waals surface area contributed by atoms with Crippen LogP contribution in [0.25, 0.3) is 0 Å². The van der Waals surface area contributed by atoms with E-state index in [2.05, 4.69) is 11.8 Å². The van der Waals surface area contributed by atoms with Gasteiger partial charge in [-0.3, -0.25) is 4.79 Å². The lowest BCUT2D eigenvalue weighted by atomic mass is 9.78. The van der Waals surface area contributed by atoms with Crippen molar-refractivity contribution < 1.29 is 9.18 Å². The maximum absolute atomic E-state index is 13.6. The lowest BCUT2D eigenvalue weighted by Crippen LogP contribution is -2.61. The summed E-state index contributed by atoms with van der Waals surface area (Å²) in [6, 6.07) is 0. The molecule has 0 unspecified atom stereocenters. The summed E-state index contributed by atoms with van der Waals surface area (Å²) in [6.07, 6.45) is 2.05. The van der Waals surface area contributed by atoms with Gasteiger partial charge in [-0.05, 0) is 32.4 Å². The first-order chi connectivity index (χ1) is 7.57. The smallest absolute Gasteiger partial charge is 0.260 e. The monoisotopic (exact) mass is 226 g/mol. The van der Waals surface area contributed by atoms with Crippen LogP contribution in [0.2, 0.25) is 0 Å². The third-order valence-electron chi connectivity index (χ3n) is 4.38. The highest BCUT2D eigenvalue weighted by Crippen LogP contribution is 2.46. The molecule has 90 valence electrons. The van der Waals surface area contributed by atoms with Gasteiger partial charge in [0.25, 0.3) is 5.91 Å². The van der Waals surface area contributed by atoms with E-state index in [9.17, 15) is 9.18 Å². The normalized spacial score (nSPS) is 30.5. The maximum Gasteiger partial charge on any atom is 0.260 e. The molecule has 16 heavy (non-hydrogen) atoms. The largest absolute Gasteiger partial charge is 0.339 e. The van der Waals surface area contributed by atoms with E-state index >= 15 is 0 Å². The predicted octanol–water partition coefficient (Wildman–Crippen LogP) is 1.04. The van der Waals surface area contributed by atoms with Crippen LogP contribution < -0.4 is 0 Å². The highest BCUT2D eigenvalue weighted by atomic mass is 19.1. The van der Waals surface area contributed by atoms with Crippen molar-refractivity contribution in [3.05, 3.63) is 0 Å². The highest BCUT2D eigenvalue weighted by molar-refractivity contribution is 5.88. The van der Waals surface area contributed by atoms with Crippen molar-refractivity contribution in [2.75, 3.05) is 32.7 Å². The second-order valence-corrected chi connectivity index (χ2v) is 5.75. The number of hydrogen-bond donors (Lipinski definition) is 0. The number of nitrogens with zero attached hydrogens (tertiary/aromatic N) is 2. The van der Waals surface area contributed by atoms with E-state index in [1.54, 1.807) is 4.90 Å². The number of hydrogen-bond acceptors (Lipinski definition) is 2. The molecule has 2 saturated heterocycles. The molecule has 0 atom stereocenters. The number of carbonyl (C=O) groups excluding carboxylic acids is 1. The topological polar surface area (TPSA) is 23.6 Å². The van der Waals surface area contributed by atoms with E-state index in [0.717, 1.165) is 32.7 Å². The van der Waals surface area contributed by atoms with Gasteiger partial charge < -0.3 is 9.80 Å². The number of halogens is 1. The Bertz CT molecular complexity index is 321. The van der Waals surface area contributed by atoms with Crippen molar-refractivity contribution in [3.63, 3.8) is 0 Å². The van der Waals surface area contributed by atoms with Crippen LogP contribution in [0.4, 0.5) is 4.39 Å². The van der Waals surface area contributed by atoms with Crippen molar-refractivity contribution in [3.8, 4) is 0 Å². The molecule has 3 rings (SSSR count). The number of alkyl halides is 1. The van der Waals surface area contributed by atoms with Crippen LogP contribution >= 0.6 is 0 Å². The van der Waals surface area contributed by atoms with Crippen LogP contribution in [0.3, 0.4) is 0 Å². The standard InChI is InChI=1S/C12H19FN2O/c1-2-14-6-5-11(7-14)8-15(9-11)10(16)12(13)3-4-12/h2-9H2,1H3. The lowest BCUT2D eigenvalue weighted by molar-refractivity contribution is -0.149. The second-order valence-electron chi connectivity index (χ2n) is 5.75. The molecular formula is C12H19FN2O. The maximum atomic E-state index is 13.6. The van der Waals surface area contributed by atoms with Gasteiger partial charge in [-0.15, -0.1) is 0 Å². The van der Waals surface area contributed by atoms with E-state index in [0.29, 0.717) is 18.3 Å². The van der Waals surface area contributed by atoms with Crippen molar-refractivity contribution >= 4 is 5.91 Å². The fourth-order valence-electron chi connectivity index (χ4n) is 3.07. The quantitative estimate of drug-likeness (QED) is 0.702. The summed E-state index contributed by atoms with van der Waals surface area (Å²) < 4.78 is 13.6. The van der Waals surface area contributed by atoms with E-state index < -0.39 is 5.67 Å². The average Bonchev–Trinajstić information content (AvgIpc) is 2.82. The van der Waals surface area contributed by atoms with Crippen LogP contribution in [-0.2, 0) is 4.79 Å². The summed E-state index contributed by atoms with van der Waals surface area (Å²) in [7, 11) is 0. The zero-order chi connectivity index (χ0) is 11.4. The fourth-order valence-corrected chi connectivity index (χ4v) is 3.07. The molecule has 1 aliphatic carbocycles. The minimum atomic E-state index is -1.47. The number of likely N-dealkylation sites (tertiary alicyclic amines) is 2. The first kappa shape index (κ1) is 10.5. The zero-order valence-electron chi connectivity index (χ0n) is 9.84. The Morgan fingerprint density at radius 2 is 1.94 bits per heavy atom. The molecule has 4 heteroatoms. The van der Waals surface area contributed by atoms with E-state index in [-0.39, 0.29) is 5.91 Å². The van der Waals surface area contributed by atoms with Crippen LogP contribution in [-0.4, -0.2) is 54.1 Å². The summed E-state index contributed by atoms with van der Waals surface area (Å²) in [5.74, 6) is -0.243. The molecule has 2 heterocycles. The third kappa shape index (κ3) is 1.46. The SMILES string of the molecule is CCN1CCC2(C1)CN(C(=O)C1(F)CC1)C2. The fraction of sp³-hybridized carbons (Fsp3) is 0.917. The minimum absolute atomic E-state index is 0.243. The second kappa shape index (κ2) is 3.19. The lowest BCUT2D eigenvalue weighted by Gasteiger charge is -2.48. The molecule has 1 spiro atoms. The number of amides is 1. The van der Waals surface area contributed by atoms with Gasteiger partial charge in [0.15, 0.2) is 5.67 Å². The summed E-state index contributed by atoms with van der Waals surface area (Å²) >= 11 is 0. The van der Waals surface area contributed by atoms with Crippen LogP contribution in [0.5, 0.6) is 0 Å². The van der Waals surface area contributed by atoms with E-state index in [1.165, 1.54) is 6.42 Å². The Kier molecular flexibility index (Phi) is 2.09. The van der Waals surface area contributed by atoms with Gasteiger partial charge in [-0.2, -0.15) is 0 Å². The Balaban J connectivity index is 1.56. The van der Waals surface area contributed by atoms with Gasteiger partial charge in [0, 0.05) is 25.0 Å². The molecule has 1 amide bonds. The van der Waals surface area contributed by atoms with E-state index in [4.69, 9.17) is 0 Å².